The predicted molar refractivity (Wildman–Crippen MR) is 217 cm³/mol. The average Bonchev–Trinajstić information content (AvgIpc) is 3.76. The minimum Gasteiger partial charge on any atom is -0.312 e. The molecule has 0 amide bonds. The molecule has 9 rings (SSSR count). The highest BCUT2D eigenvalue weighted by atomic mass is 15.1. The Bertz CT molecular complexity index is 2450. The van der Waals surface area contributed by atoms with Crippen LogP contribution in [-0.2, 0) is 11.8 Å². The van der Waals surface area contributed by atoms with Gasteiger partial charge in [-0.2, -0.15) is 0 Å². The van der Waals surface area contributed by atoms with Crippen LogP contribution in [0.15, 0.2) is 133 Å². The number of para-hydroxylation sites is 1. The Morgan fingerprint density at radius 2 is 1.50 bits per heavy atom. The lowest BCUT2D eigenvalue weighted by Gasteiger charge is -2.28. The van der Waals surface area contributed by atoms with Crippen LogP contribution >= 0.6 is 0 Å². The van der Waals surface area contributed by atoms with E-state index in [9.17, 15) is 0 Å². The number of hydrogen-bond donors (Lipinski definition) is 0. The summed E-state index contributed by atoms with van der Waals surface area (Å²) < 4.78 is 2.56. The molecule has 0 spiro atoms. The van der Waals surface area contributed by atoms with Gasteiger partial charge in [0.05, 0.1) is 16.7 Å². The highest BCUT2D eigenvalue weighted by molar-refractivity contribution is 6.22. The molecule has 5 aromatic carbocycles. The van der Waals surface area contributed by atoms with Crippen molar-refractivity contribution in [1.82, 2.24) is 4.40 Å². The monoisotopic (exact) mass is 650 g/mol. The van der Waals surface area contributed by atoms with Gasteiger partial charge >= 0.3 is 0 Å². The highest BCUT2D eigenvalue weighted by Crippen LogP contribution is 2.52. The van der Waals surface area contributed by atoms with Crippen LogP contribution < -0.4 is 4.90 Å². The molecule has 0 unspecified atom stereocenters. The fourth-order valence-electron chi connectivity index (χ4n) is 8.84. The first kappa shape index (κ1) is 31.9. The van der Waals surface area contributed by atoms with Gasteiger partial charge in [0.2, 0.25) is 0 Å². The van der Waals surface area contributed by atoms with Crippen LogP contribution in [0.4, 0.5) is 17.1 Å². The van der Waals surface area contributed by atoms with Gasteiger partial charge in [0.25, 0.3) is 0 Å². The summed E-state index contributed by atoms with van der Waals surface area (Å²) in [7, 11) is 0. The summed E-state index contributed by atoms with van der Waals surface area (Å²) in [5, 5.41) is 3.97. The predicted octanol–water partition coefficient (Wildman–Crippen LogP) is 13.8. The minimum atomic E-state index is -0.00103. The molecule has 0 fully saturated rings. The van der Waals surface area contributed by atoms with E-state index in [0.29, 0.717) is 0 Å². The maximum absolute atomic E-state index is 2.56. The standard InChI is InChI=1S/C46H40N2.C2H6/c1-5-14-34-38-29-33(25-27-40(38)46(3,4)39(34)6-2)47(32-23-21-31(22-24-32)30-15-8-7-9-16-30)43-28-26-36-35-17-10-12-19-41(35)48-42-20-13-11-18-37(42)44(43)45(36)48;1-2/h5,7-11,13-18,20-29H,6,12,19H2,1-4H3;1-2H3/b14-5-;. The summed E-state index contributed by atoms with van der Waals surface area (Å²) in [5.74, 6) is 0. The highest BCUT2D eigenvalue weighted by Gasteiger charge is 2.36. The number of anilines is 3. The third-order valence-corrected chi connectivity index (χ3v) is 11.0. The fraction of sp³-hybridized carbons (Fsp3) is 0.208. The van der Waals surface area contributed by atoms with Crippen LogP contribution in [0.1, 0.15) is 76.8 Å². The fourth-order valence-corrected chi connectivity index (χ4v) is 8.84. The van der Waals surface area contributed by atoms with E-state index in [1.165, 1.54) is 83.2 Å². The first-order valence-electron chi connectivity index (χ1n) is 18.4. The number of benzene rings is 5. The topological polar surface area (TPSA) is 7.65 Å². The van der Waals surface area contributed by atoms with Crippen molar-refractivity contribution >= 4 is 55.9 Å². The van der Waals surface area contributed by atoms with Crippen molar-refractivity contribution < 1.29 is 0 Å². The number of nitrogens with zero attached hydrogens (tertiary/aromatic N) is 2. The summed E-state index contributed by atoms with van der Waals surface area (Å²) in [6.07, 6.45) is 12.4. The van der Waals surface area contributed by atoms with Gasteiger partial charge in [-0.05, 0) is 90.4 Å². The number of aromatic nitrogens is 1. The lowest BCUT2D eigenvalue weighted by atomic mass is 9.80. The maximum atomic E-state index is 2.56. The molecule has 0 saturated heterocycles. The van der Waals surface area contributed by atoms with Crippen molar-refractivity contribution in [1.29, 1.82) is 0 Å². The van der Waals surface area contributed by atoms with Crippen molar-refractivity contribution in [3.63, 3.8) is 0 Å². The van der Waals surface area contributed by atoms with E-state index in [0.717, 1.165) is 24.9 Å². The van der Waals surface area contributed by atoms with Crippen molar-refractivity contribution in [3.8, 4) is 11.1 Å². The maximum Gasteiger partial charge on any atom is 0.0638 e. The van der Waals surface area contributed by atoms with Crippen molar-refractivity contribution in [2.45, 2.75) is 66.2 Å². The summed E-state index contributed by atoms with van der Waals surface area (Å²) in [6, 6.07) is 40.7. The number of fused-ring (bicyclic) bond motifs is 7. The smallest absolute Gasteiger partial charge is 0.0638 e. The largest absolute Gasteiger partial charge is 0.312 e. The van der Waals surface area contributed by atoms with E-state index in [4.69, 9.17) is 0 Å². The molecule has 2 aromatic heterocycles. The molecule has 0 saturated carbocycles. The second-order valence-corrected chi connectivity index (χ2v) is 13.9. The molecular formula is C48H46N2. The van der Waals surface area contributed by atoms with Gasteiger partial charge in [0.1, 0.15) is 0 Å². The van der Waals surface area contributed by atoms with Crippen LogP contribution in [0.25, 0.3) is 50.0 Å². The molecule has 0 aliphatic heterocycles. The number of aryl methyl sites for hydroxylation is 1. The Morgan fingerprint density at radius 1 is 0.780 bits per heavy atom. The zero-order chi connectivity index (χ0) is 34.6. The van der Waals surface area contributed by atoms with E-state index in [1.54, 1.807) is 0 Å². The van der Waals surface area contributed by atoms with E-state index in [-0.39, 0.29) is 5.41 Å². The van der Waals surface area contributed by atoms with Gasteiger partial charge in [-0.1, -0.05) is 137 Å². The zero-order valence-corrected chi connectivity index (χ0v) is 30.2. The Morgan fingerprint density at radius 3 is 2.26 bits per heavy atom. The van der Waals surface area contributed by atoms with Crippen molar-refractivity contribution in [3.05, 3.63) is 155 Å². The van der Waals surface area contributed by atoms with Gasteiger partial charge in [0.15, 0.2) is 0 Å². The Kier molecular flexibility index (Phi) is 7.99. The first-order chi connectivity index (χ1) is 24.5. The minimum absolute atomic E-state index is 0.00103. The molecular weight excluding hydrogens is 605 g/mol. The molecule has 2 nitrogen and oxygen atoms in total. The molecule has 0 bridgehead atoms. The zero-order valence-electron chi connectivity index (χ0n) is 30.2. The number of hydrogen-bond acceptors (Lipinski definition) is 1. The summed E-state index contributed by atoms with van der Waals surface area (Å²) in [4.78, 5) is 2.50. The van der Waals surface area contributed by atoms with Crippen molar-refractivity contribution in [2.75, 3.05) is 4.90 Å². The van der Waals surface area contributed by atoms with E-state index >= 15 is 0 Å². The third kappa shape index (κ3) is 4.69. The average molecular weight is 651 g/mol. The molecule has 0 atom stereocenters. The quantitative estimate of drug-likeness (QED) is 0.174. The van der Waals surface area contributed by atoms with Crippen LogP contribution in [0.5, 0.6) is 0 Å². The molecule has 2 heteroatoms. The van der Waals surface area contributed by atoms with Crippen LogP contribution in [0, 0.1) is 0 Å². The second-order valence-electron chi connectivity index (χ2n) is 13.9. The summed E-state index contributed by atoms with van der Waals surface area (Å²) in [5.41, 5.74) is 17.1. The Labute approximate surface area is 297 Å². The first-order valence-corrected chi connectivity index (χ1v) is 18.4. The van der Waals surface area contributed by atoms with Gasteiger partial charge < -0.3 is 9.30 Å². The molecule has 2 aliphatic rings. The Balaban J connectivity index is 0.00000177. The second kappa shape index (κ2) is 12.5. The van der Waals surface area contributed by atoms with Crippen LogP contribution in [-0.4, -0.2) is 4.40 Å². The SMILES string of the molecule is C/C=C\C1=C(CC)C(C)(C)c2ccc(N(c3ccc(-c4ccccc4)cc3)c3ccc4c5c(n6c7ccccc7c3c46)CCC=C5)cc21.CC. The lowest BCUT2D eigenvalue weighted by Crippen LogP contribution is -2.17. The summed E-state index contributed by atoms with van der Waals surface area (Å²) in [6.45, 7) is 13.2. The molecule has 7 aromatic rings. The third-order valence-electron chi connectivity index (χ3n) is 11.0. The van der Waals surface area contributed by atoms with Gasteiger partial charge in [-0.3, -0.25) is 0 Å². The van der Waals surface area contributed by atoms with Crippen LogP contribution in [0.3, 0.4) is 0 Å². The van der Waals surface area contributed by atoms with Gasteiger partial charge in [-0.25, -0.2) is 0 Å². The molecule has 0 N–H and O–H groups in total. The van der Waals surface area contributed by atoms with E-state index in [1.807, 2.05) is 13.8 Å². The normalized spacial score (nSPS) is 14.8. The van der Waals surface area contributed by atoms with E-state index < -0.39 is 0 Å². The van der Waals surface area contributed by atoms with Gasteiger partial charge in [0, 0.05) is 44.2 Å². The van der Waals surface area contributed by atoms with Crippen LogP contribution in [0.2, 0.25) is 0 Å². The molecule has 0 radical (unpaired) electrons. The van der Waals surface area contributed by atoms with E-state index in [2.05, 4.69) is 170 Å². The number of allylic oxidation sites excluding steroid dienone is 5. The Hall–Kier alpha value is -5.34. The van der Waals surface area contributed by atoms with Gasteiger partial charge in [-0.15, -0.1) is 0 Å². The molecule has 50 heavy (non-hydrogen) atoms. The molecule has 2 aliphatic carbocycles. The summed E-state index contributed by atoms with van der Waals surface area (Å²) >= 11 is 0. The lowest BCUT2D eigenvalue weighted by molar-refractivity contribution is 0.617. The number of rotatable bonds is 6. The molecule has 248 valence electrons. The molecule has 2 heterocycles. The van der Waals surface area contributed by atoms with Crippen molar-refractivity contribution in [2.24, 2.45) is 0 Å².